The normalized spacial score (nSPS) is 20.5. The summed E-state index contributed by atoms with van der Waals surface area (Å²) in [6.07, 6.45) is 1.26. The summed E-state index contributed by atoms with van der Waals surface area (Å²) in [6, 6.07) is 0. The summed E-state index contributed by atoms with van der Waals surface area (Å²) in [5.74, 6) is 0. The van der Waals surface area contributed by atoms with E-state index in [9.17, 15) is 8.42 Å². The third-order valence-corrected chi connectivity index (χ3v) is 3.73. The summed E-state index contributed by atoms with van der Waals surface area (Å²) in [5.41, 5.74) is 5.70. The van der Waals surface area contributed by atoms with Crippen molar-refractivity contribution in [2.75, 3.05) is 39.0 Å². The monoisotopic (exact) mass is 271 g/mol. The highest BCUT2D eigenvalue weighted by Gasteiger charge is 2.25. The Kier molecular flexibility index (Phi) is 5.68. The van der Waals surface area contributed by atoms with Crippen molar-refractivity contribution in [2.45, 2.75) is 19.4 Å². The van der Waals surface area contributed by atoms with Gasteiger partial charge in [0.2, 0.25) is 10.0 Å². The molecule has 1 heterocycles. The lowest BCUT2D eigenvalue weighted by atomic mass is 10.1. The number of hydrogen-bond acceptors (Lipinski definition) is 4. The van der Waals surface area contributed by atoms with Crippen LogP contribution in [-0.2, 0) is 10.0 Å². The molecule has 0 unspecified atom stereocenters. The number of piperazine rings is 1. The maximum atomic E-state index is 11.3. The number of halogens is 1. The van der Waals surface area contributed by atoms with Crippen LogP contribution in [0.2, 0.25) is 0 Å². The minimum Gasteiger partial charge on any atom is -0.324 e. The van der Waals surface area contributed by atoms with Gasteiger partial charge in [-0.15, -0.1) is 12.4 Å². The molecular formula is C9H22ClN3O2S. The standard InChI is InChI=1S/C9H21N3O2S.ClH/c1-9(2,10)8-11-4-6-12(7-5-11)15(3,13)14;/h4-8,10H2,1-3H3;1H. The number of nitrogens with zero attached hydrogens (tertiary/aromatic N) is 2. The Morgan fingerprint density at radius 1 is 1.19 bits per heavy atom. The van der Waals surface area contributed by atoms with Gasteiger partial charge in [-0.05, 0) is 13.8 Å². The van der Waals surface area contributed by atoms with Crippen LogP contribution in [0.5, 0.6) is 0 Å². The molecule has 0 aromatic carbocycles. The predicted octanol–water partition coefficient (Wildman–Crippen LogP) is -0.277. The number of hydrogen-bond donors (Lipinski definition) is 1. The molecule has 0 radical (unpaired) electrons. The number of rotatable bonds is 3. The fourth-order valence-corrected chi connectivity index (χ4v) is 2.62. The molecule has 2 N–H and O–H groups in total. The SMILES string of the molecule is CC(C)(N)CN1CCN(S(C)(=O)=O)CC1.Cl. The summed E-state index contributed by atoms with van der Waals surface area (Å²) in [4.78, 5) is 2.21. The van der Waals surface area contributed by atoms with E-state index in [1.807, 2.05) is 13.8 Å². The van der Waals surface area contributed by atoms with Crippen molar-refractivity contribution in [1.29, 1.82) is 0 Å². The van der Waals surface area contributed by atoms with E-state index < -0.39 is 10.0 Å². The second kappa shape index (κ2) is 5.64. The van der Waals surface area contributed by atoms with Gasteiger partial charge in [0.15, 0.2) is 0 Å². The summed E-state index contributed by atoms with van der Waals surface area (Å²) in [6.45, 7) is 7.47. The van der Waals surface area contributed by atoms with Gasteiger partial charge in [0.25, 0.3) is 0 Å². The van der Waals surface area contributed by atoms with E-state index in [4.69, 9.17) is 5.73 Å². The van der Waals surface area contributed by atoms with Crippen molar-refractivity contribution in [3.8, 4) is 0 Å². The molecule has 5 nitrogen and oxygen atoms in total. The van der Waals surface area contributed by atoms with Crippen LogP contribution < -0.4 is 5.73 Å². The van der Waals surface area contributed by atoms with E-state index in [0.717, 1.165) is 19.6 Å². The van der Waals surface area contributed by atoms with Crippen LogP contribution in [0.4, 0.5) is 0 Å². The molecule has 1 saturated heterocycles. The second-order valence-corrected chi connectivity index (χ2v) is 6.91. The van der Waals surface area contributed by atoms with E-state index in [1.54, 1.807) is 0 Å². The Morgan fingerprint density at radius 2 is 1.62 bits per heavy atom. The molecule has 1 aliphatic rings. The zero-order chi connectivity index (χ0) is 11.7. The van der Waals surface area contributed by atoms with Crippen LogP contribution in [0, 0.1) is 0 Å². The molecule has 1 fully saturated rings. The Balaban J connectivity index is 0.00000225. The van der Waals surface area contributed by atoms with Gasteiger partial charge >= 0.3 is 0 Å². The van der Waals surface area contributed by atoms with E-state index >= 15 is 0 Å². The first-order chi connectivity index (χ1) is 6.68. The molecule has 1 aliphatic heterocycles. The zero-order valence-corrected chi connectivity index (χ0v) is 11.8. The number of nitrogens with two attached hydrogens (primary N) is 1. The van der Waals surface area contributed by atoms with Crippen molar-refractivity contribution >= 4 is 22.4 Å². The molecular weight excluding hydrogens is 250 g/mol. The van der Waals surface area contributed by atoms with Gasteiger partial charge in [-0.25, -0.2) is 8.42 Å². The summed E-state index contributed by atoms with van der Waals surface area (Å²) in [5, 5.41) is 0. The highest BCUT2D eigenvalue weighted by molar-refractivity contribution is 7.88. The van der Waals surface area contributed by atoms with Gasteiger partial charge in [-0.3, -0.25) is 4.90 Å². The molecule has 0 aromatic rings. The average Bonchev–Trinajstić information content (AvgIpc) is 2.00. The molecule has 0 atom stereocenters. The first-order valence-corrected chi connectivity index (χ1v) is 7.00. The molecule has 0 aromatic heterocycles. The van der Waals surface area contributed by atoms with Crippen LogP contribution >= 0.6 is 12.4 Å². The Bertz CT molecular complexity index is 305. The van der Waals surface area contributed by atoms with Gasteiger partial charge in [0.1, 0.15) is 0 Å². The topological polar surface area (TPSA) is 66.6 Å². The van der Waals surface area contributed by atoms with Crippen molar-refractivity contribution in [3.05, 3.63) is 0 Å². The fourth-order valence-electron chi connectivity index (χ4n) is 1.80. The predicted molar refractivity (Wildman–Crippen MR) is 68.4 cm³/mol. The first-order valence-electron chi connectivity index (χ1n) is 5.15. The van der Waals surface area contributed by atoms with E-state index in [-0.39, 0.29) is 17.9 Å². The summed E-state index contributed by atoms with van der Waals surface area (Å²) in [7, 11) is -3.02. The Morgan fingerprint density at radius 3 is 1.94 bits per heavy atom. The van der Waals surface area contributed by atoms with Gasteiger partial charge in [-0.2, -0.15) is 4.31 Å². The lowest BCUT2D eigenvalue weighted by Gasteiger charge is -2.36. The molecule has 7 heteroatoms. The second-order valence-electron chi connectivity index (χ2n) is 4.93. The zero-order valence-electron chi connectivity index (χ0n) is 10.1. The molecule has 98 valence electrons. The molecule has 0 aliphatic carbocycles. The smallest absolute Gasteiger partial charge is 0.211 e. The van der Waals surface area contributed by atoms with E-state index in [2.05, 4.69) is 4.90 Å². The van der Waals surface area contributed by atoms with Gasteiger partial charge in [0.05, 0.1) is 6.26 Å². The van der Waals surface area contributed by atoms with Crippen LogP contribution in [-0.4, -0.2) is 62.1 Å². The lowest BCUT2D eigenvalue weighted by molar-refractivity contribution is 0.162. The lowest BCUT2D eigenvalue weighted by Crippen LogP contribution is -2.53. The molecule has 0 spiro atoms. The minimum atomic E-state index is -3.02. The molecule has 0 amide bonds. The molecule has 16 heavy (non-hydrogen) atoms. The first kappa shape index (κ1) is 16.1. The van der Waals surface area contributed by atoms with E-state index in [0.29, 0.717) is 13.1 Å². The van der Waals surface area contributed by atoms with Crippen molar-refractivity contribution in [2.24, 2.45) is 5.73 Å². The third kappa shape index (κ3) is 5.45. The maximum Gasteiger partial charge on any atom is 0.211 e. The molecule has 1 rings (SSSR count). The highest BCUT2D eigenvalue weighted by Crippen LogP contribution is 2.08. The van der Waals surface area contributed by atoms with Crippen LogP contribution in [0.1, 0.15) is 13.8 Å². The Labute approximate surface area is 104 Å². The van der Waals surface area contributed by atoms with Crippen LogP contribution in [0.25, 0.3) is 0 Å². The van der Waals surface area contributed by atoms with Crippen molar-refractivity contribution in [1.82, 2.24) is 9.21 Å². The van der Waals surface area contributed by atoms with Crippen molar-refractivity contribution < 1.29 is 8.42 Å². The number of sulfonamides is 1. The maximum absolute atomic E-state index is 11.3. The summed E-state index contributed by atoms with van der Waals surface area (Å²) >= 11 is 0. The summed E-state index contributed by atoms with van der Waals surface area (Å²) < 4.78 is 24.0. The van der Waals surface area contributed by atoms with Crippen molar-refractivity contribution in [3.63, 3.8) is 0 Å². The fraction of sp³-hybridized carbons (Fsp3) is 1.00. The average molecular weight is 272 g/mol. The molecule has 0 bridgehead atoms. The van der Waals surface area contributed by atoms with Gasteiger partial charge < -0.3 is 5.73 Å². The quantitative estimate of drug-likeness (QED) is 0.767. The van der Waals surface area contributed by atoms with Crippen LogP contribution in [0.15, 0.2) is 0 Å². The van der Waals surface area contributed by atoms with Gasteiger partial charge in [0, 0.05) is 38.3 Å². The minimum absolute atomic E-state index is 0. The highest BCUT2D eigenvalue weighted by atomic mass is 35.5. The Hall–Kier alpha value is 0.120. The third-order valence-electron chi connectivity index (χ3n) is 2.43. The largest absolute Gasteiger partial charge is 0.324 e. The van der Waals surface area contributed by atoms with Gasteiger partial charge in [-0.1, -0.05) is 0 Å². The van der Waals surface area contributed by atoms with Crippen LogP contribution in [0.3, 0.4) is 0 Å². The van der Waals surface area contributed by atoms with E-state index in [1.165, 1.54) is 10.6 Å². The molecule has 0 saturated carbocycles.